The molecule has 4 nitrogen and oxygen atoms in total. The Kier molecular flexibility index (Phi) is 4.03. The molecule has 0 spiro atoms. The molecule has 0 radical (unpaired) electrons. The number of aryl methyl sites for hydroxylation is 1. The van der Waals surface area contributed by atoms with Gasteiger partial charge < -0.3 is 5.73 Å². The van der Waals surface area contributed by atoms with E-state index < -0.39 is 5.91 Å². The minimum atomic E-state index is -0.397. The van der Waals surface area contributed by atoms with Crippen LogP contribution in [0.5, 0.6) is 0 Å². The van der Waals surface area contributed by atoms with Crippen LogP contribution in [-0.2, 0) is 12.8 Å². The molecule has 0 saturated carbocycles. The van der Waals surface area contributed by atoms with Crippen molar-refractivity contribution in [3.05, 3.63) is 51.4 Å². The monoisotopic (exact) mass is 309 g/mol. The zero-order valence-corrected chi connectivity index (χ0v) is 12.8. The molecular weight excluding hydrogens is 294 g/mol. The van der Waals surface area contributed by atoms with Gasteiger partial charge >= 0.3 is 0 Å². The number of hydrogen-bond donors (Lipinski definition) is 1. The number of nitrogens with two attached hydrogens (primary N) is 1. The predicted molar refractivity (Wildman–Crippen MR) is 87.9 cm³/mol. The van der Waals surface area contributed by atoms with E-state index >= 15 is 0 Å². The van der Waals surface area contributed by atoms with Crippen molar-refractivity contribution >= 4 is 28.5 Å². The van der Waals surface area contributed by atoms with Gasteiger partial charge in [0, 0.05) is 11.1 Å². The molecule has 0 saturated heterocycles. The Bertz CT molecular complexity index is 781. The SMILES string of the molecule is N#Cc1ccc(/C=N/c2sc3c(c2C(N)=O)CCCC3)cc1. The number of nitriles is 1. The Hall–Kier alpha value is -2.45. The fraction of sp³-hybridized carbons (Fsp3) is 0.235. The fourth-order valence-corrected chi connectivity index (χ4v) is 3.91. The zero-order valence-electron chi connectivity index (χ0n) is 12.0. The summed E-state index contributed by atoms with van der Waals surface area (Å²) < 4.78 is 0. The molecule has 2 aromatic rings. The van der Waals surface area contributed by atoms with Gasteiger partial charge in [-0.05, 0) is 48.9 Å². The summed E-state index contributed by atoms with van der Waals surface area (Å²) in [7, 11) is 0. The van der Waals surface area contributed by atoms with Gasteiger partial charge in [-0.2, -0.15) is 5.26 Å². The normalized spacial score (nSPS) is 13.8. The highest BCUT2D eigenvalue weighted by Crippen LogP contribution is 2.39. The van der Waals surface area contributed by atoms with E-state index in [9.17, 15) is 4.79 Å². The zero-order chi connectivity index (χ0) is 15.5. The Labute approximate surface area is 132 Å². The third-order valence-electron chi connectivity index (χ3n) is 3.77. The maximum atomic E-state index is 11.8. The van der Waals surface area contributed by atoms with Gasteiger partial charge in [-0.3, -0.25) is 4.79 Å². The van der Waals surface area contributed by atoms with E-state index in [4.69, 9.17) is 11.0 Å². The lowest BCUT2D eigenvalue weighted by molar-refractivity contribution is 0.100. The van der Waals surface area contributed by atoms with E-state index in [2.05, 4.69) is 11.1 Å². The summed E-state index contributed by atoms with van der Waals surface area (Å²) in [5.41, 5.74) is 8.73. The highest BCUT2D eigenvalue weighted by atomic mass is 32.1. The minimum absolute atomic E-state index is 0.397. The lowest BCUT2D eigenvalue weighted by atomic mass is 9.95. The fourth-order valence-electron chi connectivity index (χ4n) is 2.67. The summed E-state index contributed by atoms with van der Waals surface area (Å²) in [5, 5.41) is 9.49. The first-order valence-corrected chi connectivity index (χ1v) is 7.99. The smallest absolute Gasteiger partial charge is 0.252 e. The average molecular weight is 309 g/mol. The number of nitrogens with zero attached hydrogens (tertiary/aromatic N) is 2. The molecule has 5 heteroatoms. The van der Waals surface area contributed by atoms with Crippen molar-refractivity contribution in [3.63, 3.8) is 0 Å². The predicted octanol–water partition coefficient (Wildman–Crippen LogP) is 3.35. The largest absolute Gasteiger partial charge is 0.365 e. The van der Waals surface area contributed by atoms with Gasteiger partial charge in [0.05, 0.1) is 17.2 Å². The molecule has 0 fully saturated rings. The van der Waals surface area contributed by atoms with Crippen molar-refractivity contribution in [1.82, 2.24) is 0 Å². The number of benzene rings is 1. The Morgan fingerprint density at radius 3 is 2.68 bits per heavy atom. The van der Waals surface area contributed by atoms with Gasteiger partial charge in [0.1, 0.15) is 5.00 Å². The molecule has 1 amide bonds. The molecule has 0 aliphatic heterocycles. The molecule has 0 unspecified atom stereocenters. The van der Waals surface area contributed by atoms with Crippen LogP contribution in [0.15, 0.2) is 29.3 Å². The topological polar surface area (TPSA) is 79.2 Å². The number of thiophene rings is 1. The Morgan fingerprint density at radius 1 is 1.27 bits per heavy atom. The van der Waals surface area contributed by atoms with Gasteiger partial charge in [0.25, 0.3) is 5.91 Å². The van der Waals surface area contributed by atoms with Crippen LogP contribution in [0.2, 0.25) is 0 Å². The lowest BCUT2D eigenvalue weighted by Gasteiger charge is -2.10. The van der Waals surface area contributed by atoms with Crippen molar-refractivity contribution in [3.8, 4) is 6.07 Å². The van der Waals surface area contributed by atoms with Gasteiger partial charge in [-0.15, -0.1) is 11.3 Å². The third kappa shape index (κ3) is 2.78. The Balaban J connectivity index is 1.94. The van der Waals surface area contributed by atoms with Crippen molar-refractivity contribution in [2.45, 2.75) is 25.7 Å². The number of hydrogen-bond acceptors (Lipinski definition) is 4. The van der Waals surface area contributed by atoms with Crippen molar-refractivity contribution in [2.75, 3.05) is 0 Å². The standard InChI is InChI=1S/C17H15N3OS/c18-9-11-5-7-12(8-6-11)10-20-17-15(16(19)21)13-3-1-2-4-14(13)22-17/h5-8,10H,1-4H2,(H2,19,21)/b20-10+. The van der Waals surface area contributed by atoms with Crippen LogP contribution >= 0.6 is 11.3 Å². The van der Waals surface area contributed by atoms with E-state index in [1.54, 1.807) is 29.7 Å². The highest BCUT2D eigenvalue weighted by molar-refractivity contribution is 7.16. The molecular formula is C17H15N3OS. The highest BCUT2D eigenvalue weighted by Gasteiger charge is 2.23. The van der Waals surface area contributed by atoms with E-state index in [1.165, 1.54) is 4.88 Å². The molecule has 1 aliphatic rings. The van der Waals surface area contributed by atoms with E-state index in [-0.39, 0.29) is 0 Å². The first kappa shape index (κ1) is 14.5. The number of fused-ring (bicyclic) bond motifs is 1. The number of amides is 1. The molecule has 2 N–H and O–H groups in total. The minimum Gasteiger partial charge on any atom is -0.365 e. The van der Waals surface area contributed by atoms with Crippen LogP contribution < -0.4 is 5.73 Å². The summed E-state index contributed by atoms with van der Waals surface area (Å²) in [4.78, 5) is 17.5. The quantitative estimate of drug-likeness (QED) is 0.882. The molecule has 1 aromatic heterocycles. The second-order valence-electron chi connectivity index (χ2n) is 5.25. The van der Waals surface area contributed by atoms with Crippen LogP contribution in [0, 0.1) is 11.3 Å². The molecule has 0 atom stereocenters. The second kappa shape index (κ2) is 6.12. The summed E-state index contributed by atoms with van der Waals surface area (Å²) in [6.07, 6.45) is 5.89. The van der Waals surface area contributed by atoms with Crippen LogP contribution in [-0.4, -0.2) is 12.1 Å². The third-order valence-corrected chi connectivity index (χ3v) is 4.97. The molecule has 1 heterocycles. The second-order valence-corrected chi connectivity index (χ2v) is 6.33. The van der Waals surface area contributed by atoms with Crippen LogP contribution in [0.3, 0.4) is 0 Å². The van der Waals surface area contributed by atoms with Gasteiger partial charge in [-0.1, -0.05) is 12.1 Å². The van der Waals surface area contributed by atoms with Crippen LogP contribution in [0.1, 0.15) is 44.8 Å². The van der Waals surface area contributed by atoms with Gasteiger partial charge in [-0.25, -0.2) is 4.99 Å². The molecule has 1 aromatic carbocycles. The summed E-state index contributed by atoms with van der Waals surface area (Å²) in [5.74, 6) is -0.397. The molecule has 110 valence electrons. The van der Waals surface area contributed by atoms with Gasteiger partial charge in [0.15, 0.2) is 0 Å². The average Bonchev–Trinajstić information content (AvgIpc) is 2.92. The molecule has 0 bridgehead atoms. The number of primary amides is 1. The van der Waals surface area contributed by atoms with E-state index in [0.29, 0.717) is 16.1 Å². The maximum Gasteiger partial charge on any atom is 0.252 e. The van der Waals surface area contributed by atoms with Crippen LogP contribution in [0.25, 0.3) is 0 Å². The number of carbonyl (C=O) groups excluding carboxylic acids is 1. The van der Waals surface area contributed by atoms with Crippen molar-refractivity contribution < 1.29 is 4.79 Å². The van der Waals surface area contributed by atoms with E-state index in [0.717, 1.165) is 36.8 Å². The first-order chi connectivity index (χ1) is 10.7. The first-order valence-electron chi connectivity index (χ1n) is 7.17. The van der Waals surface area contributed by atoms with Crippen molar-refractivity contribution in [2.24, 2.45) is 10.7 Å². The van der Waals surface area contributed by atoms with Gasteiger partial charge in [0.2, 0.25) is 0 Å². The lowest BCUT2D eigenvalue weighted by Crippen LogP contribution is -2.14. The van der Waals surface area contributed by atoms with Crippen molar-refractivity contribution in [1.29, 1.82) is 5.26 Å². The molecule has 22 heavy (non-hydrogen) atoms. The Morgan fingerprint density at radius 2 is 2.00 bits per heavy atom. The molecule has 3 rings (SSSR count). The number of rotatable bonds is 3. The summed E-state index contributed by atoms with van der Waals surface area (Å²) in [6, 6.07) is 9.24. The molecule has 1 aliphatic carbocycles. The number of aliphatic imine (C=N–C) groups is 1. The maximum absolute atomic E-state index is 11.8. The number of carbonyl (C=O) groups is 1. The van der Waals surface area contributed by atoms with Crippen LogP contribution in [0.4, 0.5) is 5.00 Å². The van der Waals surface area contributed by atoms with E-state index in [1.807, 2.05) is 12.1 Å². The summed E-state index contributed by atoms with van der Waals surface area (Å²) >= 11 is 1.57. The summed E-state index contributed by atoms with van der Waals surface area (Å²) in [6.45, 7) is 0.